The van der Waals surface area contributed by atoms with Crippen molar-refractivity contribution in [2.45, 2.75) is 91.8 Å². The van der Waals surface area contributed by atoms with E-state index in [4.69, 9.17) is 4.43 Å². The molecule has 1 aromatic rings. The molecule has 164 valence electrons. The van der Waals surface area contributed by atoms with Crippen molar-refractivity contribution in [2.75, 3.05) is 0 Å². The molecule has 0 N–H and O–H groups in total. The van der Waals surface area contributed by atoms with Gasteiger partial charge in [-0.25, -0.2) is 0 Å². The second kappa shape index (κ2) is 7.08. The van der Waals surface area contributed by atoms with Crippen LogP contribution in [0.15, 0.2) is 23.8 Å². The fraction of sp³-hybridized carbons (Fsp3) is 0.667. The van der Waals surface area contributed by atoms with E-state index in [0.29, 0.717) is 17.6 Å². The number of carbonyl (C=O) groups excluding carboxylic acids is 1. The minimum absolute atomic E-state index is 0.117. The minimum atomic E-state index is -1.88. The Balaban J connectivity index is 1.82. The molecule has 0 aromatic heterocycles. The topological polar surface area (TPSA) is 26.3 Å². The third-order valence-corrected chi connectivity index (χ3v) is 13.2. The van der Waals surface area contributed by atoms with Crippen LogP contribution >= 0.6 is 0 Å². The molecule has 4 rings (SSSR count). The van der Waals surface area contributed by atoms with Crippen LogP contribution in [0.25, 0.3) is 5.57 Å². The lowest BCUT2D eigenvalue weighted by molar-refractivity contribution is -0.124. The van der Waals surface area contributed by atoms with Crippen LogP contribution in [0.5, 0.6) is 5.75 Å². The van der Waals surface area contributed by atoms with Gasteiger partial charge in [0.25, 0.3) is 0 Å². The van der Waals surface area contributed by atoms with Crippen LogP contribution in [-0.2, 0) is 11.2 Å². The van der Waals surface area contributed by atoms with Crippen molar-refractivity contribution in [3.63, 3.8) is 0 Å². The first-order valence-electron chi connectivity index (χ1n) is 11.9. The van der Waals surface area contributed by atoms with Gasteiger partial charge in [-0.3, -0.25) is 4.79 Å². The Morgan fingerprint density at radius 2 is 1.83 bits per heavy atom. The summed E-state index contributed by atoms with van der Waals surface area (Å²) in [5, 5.41) is 0.179. The van der Waals surface area contributed by atoms with Gasteiger partial charge in [-0.2, -0.15) is 0 Å². The van der Waals surface area contributed by atoms with Crippen LogP contribution in [0.4, 0.5) is 0 Å². The van der Waals surface area contributed by atoms with Gasteiger partial charge in [0.15, 0.2) is 0 Å². The second-order valence-corrected chi connectivity index (χ2v) is 17.0. The molecule has 3 atom stereocenters. The SMILES string of the molecule is C[C@@H]1C(=O)C[C@@H]2C(=C3c4cc(O[Si](C)(C)C(C)(C)C)ccc4C[C@H]31)CCCC2(C)C. The number of ketones is 1. The molecule has 2 nitrogen and oxygen atoms in total. The number of benzene rings is 1. The average Bonchev–Trinajstić information content (AvgIpc) is 2.94. The molecule has 1 aromatic carbocycles. The van der Waals surface area contributed by atoms with Gasteiger partial charge in [-0.1, -0.05) is 53.2 Å². The predicted molar refractivity (Wildman–Crippen MR) is 128 cm³/mol. The maximum absolute atomic E-state index is 13.2. The lowest BCUT2D eigenvalue weighted by Gasteiger charge is -2.41. The highest BCUT2D eigenvalue weighted by atomic mass is 28.4. The first-order chi connectivity index (χ1) is 13.8. The number of hydrogen-bond donors (Lipinski definition) is 0. The van der Waals surface area contributed by atoms with Crippen LogP contribution in [0.3, 0.4) is 0 Å². The fourth-order valence-corrected chi connectivity index (χ4v) is 6.78. The summed E-state index contributed by atoms with van der Waals surface area (Å²) in [5.74, 6) is 2.36. The van der Waals surface area contributed by atoms with Crippen molar-refractivity contribution < 1.29 is 9.22 Å². The highest BCUT2D eigenvalue weighted by Crippen LogP contribution is 2.56. The van der Waals surface area contributed by atoms with Gasteiger partial charge >= 0.3 is 0 Å². The number of carbonyl (C=O) groups is 1. The summed E-state index contributed by atoms with van der Waals surface area (Å²) in [7, 11) is -1.88. The molecule has 1 saturated carbocycles. The average molecular weight is 425 g/mol. The molecular weight excluding hydrogens is 384 g/mol. The van der Waals surface area contributed by atoms with Crippen molar-refractivity contribution in [1.29, 1.82) is 0 Å². The van der Waals surface area contributed by atoms with Crippen LogP contribution in [0, 0.1) is 23.2 Å². The van der Waals surface area contributed by atoms with E-state index in [1.807, 2.05) is 0 Å². The molecule has 0 bridgehead atoms. The molecule has 3 aliphatic carbocycles. The number of allylic oxidation sites excluding steroid dienone is 2. The number of hydrogen-bond acceptors (Lipinski definition) is 2. The summed E-state index contributed by atoms with van der Waals surface area (Å²) in [5.41, 5.74) is 6.12. The lowest BCUT2D eigenvalue weighted by Crippen LogP contribution is -2.43. The molecule has 0 unspecified atom stereocenters. The highest BCUT2D eigenvalue weighted by molar-refractivity contribution is 6.74. The van der Waals surface area contributed by atoms with Crippen molar-refractivity contribution in [1.82, 2.24) is 0 Å². The van der Waals surface area contributed by atoms with Crippen molar-refractivity contribution in [3.8, 4) is 5.75 Å². The van der Waals surface area contributed by atoms with E-state index in [1.54, 1.807) is 5.57 Å². The van der Waals surface area contributed by atoms with Crippen LogP contribution < -0.4 is 4.43 Å². The summed E-state index contributed by atoms with van der Waals surface area (Å²) < 4.78 is 6.68. The van der Waals surface area contributed by atoms with Gasteiger partial charge in [0.05, 0.1) is 0 Å². The molecule has 1 fully saturated rings. The minimum Gasteiger partial charge on any atom is -0.543 e. The molecular formula is C27H40O2Si. The molecule has 3 heteroatoms. The highest BCUT2D eigenvalue weighted by Gasteiger charge is 2.46. The second-order valence-electron chi connectivity index (χ2n) is 12.3. The zero-order valence-electron chi connectivity index (χ0n) is 20.3. The lowest BCUT2D eigenvalue weighted by atomic mass is 9.64. The Labute approximate surface area is 184 Å². The van der Waals surface area contributed by atoms with Gasteiger partial charge in [-0.05, 0) is 89.9 Å². The molecule has 0 amide bonds. The van der Waals surface area contributed by atoms with E-state index in [-0.39, 0.29) is 16.4 Å². The van der Waals surface area contributed by atoms with E-state index in [2.05, 4.69) is 72.8 Å². The normalized spacial score (nSPS) is 28.5. The Kier molecular flexibility index (Phi) is 5.16. The van der Waals surface area contributed by atoms with Gasteiger partial charge in [-0.15, -0.1) is 0 Å². The summed E-state index contributed by atoms with van der Waals surface area (Å²) in [6.45, 7) is 18.4. The standard InChI is InChI=1S/C27H40O2Si/c1-17-21-14-18-11-12-19(29-30(7,8)26(2,3)4)15-22(18)25(21)20-10-9-13-27(5,6)23(20)16-24(17)28/h11-12,15,17,21,23H,9-10,13-14,16H2,1-8H3/t17-,21-,23+/m0/s1. The maximum Gasteiger partial charge on any atom is 0.250 e. The molecule has 3 aliphatic rings. The Hall–Kier alpha value is -1.35. The third kappa shape index (κ3) is 3.51. The maximum atomic E-state index is 13.2. The Morgan fingerprint density at radius 1 is 1.13 bits per heavy atom. The van der Waals surface area contributed by atoms with Crippen molar-refractivity contribution in [3.05, 3.63) is 34.9 Å². The molecule has 0 heterocycles. The van der Waals surface area contributed by atoms with Gasteiger partial charge in [0, 0.05) is 12.3 Å². The monoisotopic (exact) mass is 424 g/mol. The van der Waals surface area contributed by atoms with Gasteiger partial charge in [0.2, 0.25) is 8.32 Å². The quantitative estimate of drug-likeness (QED) is 0.461. The van der Waals surface area contributed by atoms with Crippen molar-refractivity contribution in [2.24, 2.45) is 23.2 Å². The van der Waals surface area contributed by atoms with E-state index < -0.39 is 8.32 Å². The van der Waals surface area contributed by atoms with E-state index in [1.165, 1.54) is 29.5 Å². The van der Waals surface area contributed by atoms with Crippen molar-refractivity contribution >= 4 is 19.7 Å². The number of Topliss-reactive ketones (excluding diaryl/α,β-unsaturated/α-hetero) is 1. The largest absolute Gasteiger partial charge is 0.543 e. The Morgan fingerprint density at radius 3 is 2.50 bits per heavy atom. The summed E-state index contributed by atoms with van der Waals surface area (Å²) in [6, 6.07) is 6.77. The summed E-state index contributed by atoms with van der Waals surface area (Å²) in [6.07, 6.45) is 5.37. The van der Waals surface area contributed by atoms with E-state index >= 15 is 0 Å². The van der Waals surface area contributed by atoms with Crippen LogP contribution in [-0.4, -0.2) is 14.1 Å². The first-order valence-corrected chi connectivity index (χ1v) is 14.8. The molecule has 0 radical (unpaired) electrons. The number of rotatable bonds is 2. The predicted octanol–water partition coefficient (Wildman–Crippen LogP) is 7.43. The van der Waals surface area contributed by atoms with Crippen LogP contribution in [0.2, 0.25) is 18.1 Å². The summed E-state index contributed by atoms with van der Waals surface area (Å²) >= 11 is 0. The zero-order valence-corrected chi connectivity index (χ0v) is 21.3. The smallest absolute Gasteiger partial charge is 0.250 e. The Bertz CT molecular complexity index is 900. The van der Waals surface area contributed by atoms with Crippen LogP contribution in [0.1, 0.15) is 78.4 Å². The van der Waals surface area contributed by atoms with Gasteiger partial charge < -0.3 is 4.43 Å². The third-order valence-electron chi connectivity index (χ3n) is 8.86. The molecule has 0 saturated heterocycles. The van der Waals surface area contributed by atoms with E-state index in [0.717, 1.165) is 25.0 Å². The zero-order chi connectivity index (χ0) is 22.1. The molecule has 0 aliphatic heterocycles. The van der Waals surface area contributed by atoms with Gasteiger partial charge in [0.1, 0.15) is 11.5 Å². The molecule has 30 heavy (non-hydrogen) atoms. The first kappa shape index (κ1) is 21.9. The summed E-state index contributed by atoms with van der Waals surface area (Å²) in [4.78, 5) is 13.2. The number of fused-ring (bicyclic) bond motifs is 4. The fourth-order valence-electron chi connectivity index (χ4n) is 5.76. The molecule has 0 spiro atoms. The van der Waals surface area contributed by atoms with E-state index in [9.17, 15) is 4.79 Å².